The van der Waals surface area contributed by atoms with Crippen molar-refractivity contribution in [1.29, 1.82) is 5.26 Å². The van der Waals surface area contributed by atoms with E-state index >= 15 is 0 Å². The molecule has 78 valence electrons. The molecule has 0 aliphatic carbocycles. The molecule has 14 heavy (non-hydrogen) atoms. The van der Waals surface area contributed by atoms with Crippen molar-refractivity contribution in [2.45, 2.75) is 38.3 Å². The number of piperazine rings is 1. The minimum absolute atomic E-state index is 0.447. The second kappa shape index (κ2) is 4.29. The lowest BCUT2D eigenvalue weighted by atomic mass is 10.1. The molecular formula is C11H19N3. The largest absolute Gasteiger partial charge is 0.298 e. The van der Waals surface area contributed by atoms with Gasteiger partial charge in [-0.15, -0.1) is 0 Å². The highest BCUT2D eigenvalue weighted by molar-refractivity contribution is 4.90. The molecule has 0 amide bonds. The van der Waals surface area contributed by atoms with E-state index in [2.05, 4.69) is 22.8 Å². The van der Waals surface area contributed by atoms with Gasteiger partial charge in [-0.1, -0.05) is 0 Å². The third-order valence-corrected chi connectivity index (χ3v) is 3.63. The quantitative estimate of drug-likeness (QED) is 0.657. The molecule has 0 aromatic carbocycles. The number of hydrogen-bond acceptors (Lipinski definition) is 3. The number of rotatable bonds is 2. The van der Waals surface area contributed by atoms with Crippen molar-refractivity contribution in [2.75, 3.05) is 26.2 Å². The van der Waals surface area contributed by atoms with Crippen LogP contribution in [0.1, 0.15) is 26.2 Å². The van der Waals surface area contributed by atoms with Crippen LogP contribution >= 0.6 is 0 Å². The summed E-state index contributed by atoms with van der Waals surface area (Å²) in [5.74, 6) is 0. The zero-order valence-corrected chi connectivity index (χ0v) is 8.95. The van der Waals surface area contributed by atoms with Crippen LogP contribution in [-0.4, -0.2) is 48.1 Å². The lowest BCUT2D eigenvalue weighted by molar-refractivity contribution is 0.0785. The van der Waals surface area contributed by atoms with Crippen LogP contribution in [0.4, 0.5) is 0 Å². The van der Waals surface area contributed by atoms with Crippen LogP contribution in [-0.2, 0) is 0 Å². The van der Waals surface area contributed by atoms with Crippen molar-refractivity contribution >= 4 is 0 Å². The summed E-state index contributed by atoms with van der Waals surface area (Å²) in [7, 11) is 0. The zero-order valence-electron chi connectivity index (χ0n) is 8.95. The zero-order chi connectivity index (χ0) is 9.97. The fourth-order valence-electron chi connectivity index (χ4n) is 2.68. The Morgan fingerprint density at radius 1 is 1.43 bits per heavy atom. The second-order valence-electron chi connectivity index (χ2n) is 4.54. The van der Waals surface area contributed by atoms with Gasteiger partial charge in [0.15, 0.2) is 0 Å². The van der Waals surface area contributed by atoms with Gasteiger partial charge in [-0.3, -0.25) is 9.80 Å². The molecule has 2 aliphatic heterocycles. The molecule has 2 aliphatic rings. The van der Waals surface area contributed by atoms with Crippen molar-refractivity contribution in [1.82, 2.24) is 9.80 Å². The topological polar surface area (TPSA) is 30.3 Å². The van der Waals surface area contributed by atoms with Crippen molar-refractivity contribution < 1.29 is 0 Å². The predicted molar refractivity (Wildman–Crippen MR) is 55.9 cm³/mol. The Morgan fingerprint density at radius 3 is 3.07 bits per heavy atom. The highest BCUT2D eigenvalue weighted by atomic mass is 15.3. The standard InChI is InChI=1S/C11H19N3/c1-10(4-5-12)14-8-7-13-6-2-3-11(13)9-14/h10-11H,2-4,6-9H2,1H3. The lowest BCUT2D eigenvalue weighted by Gasteiger charge is -2.40. The molecule has 3 nitrogen and oxygen atoms in total. The van der Waals surface area contributed by atoms with Gasteiger partial charge in [-0.05, 0) is 26.3 Å². The van der Waals surface area contributed by atoms with Crippen molar-refractivity contribution in [3.63, 3.8) is 0 Å². The normalized spacial score (nSPS) is 31.0. The van der Waals surface area contributed by atoms with Gasteiger partial charge in [-0.2, -0.15) is 5.26 Å². The van der Waals surface area contributed by atoms with Gasteiger partial charge < -0.3 is 0 Å². The second-order valence-corrected chi connectivity index (χ2v) is 4.54. The first kappa shape index (κ1) is 9.95. The molecule has 2 fully saturated rings. The first-order valence-electron chi connectivity index (χ1n) is 5.66. The Morgan fingerprint density at radius 2 is 2.29 bits per heavy atom. The maximum Gasteiger partial charge on any atom is 0.0638 e. The minimum atomic E-state index is 0.447. The number of hydrogen-bond donors (Lipinski definition) is 0. The summed E-state index contributed by atoms with van der Waals surface area (Å²) in [6.45, 7) is 7.02. The summed E-state index contributed by atoms with van der Waals surface area (Å²) in [6, 6.07) is 3.50. The van der Waals surface area contributed by atoms with E-state index in [1.807, 2.05) is 0 Å². The SMILES string of the molecule is CC(CC#N)N1CCN2CCCC2C1. The average molecular weight is 193 g/mol. The summed E-state index contributed by atoms with van der Waals surface area (Å²) in [4.78, 5) is 5.09. The average Bonchev–Trinajstić information content (AvgIpc) is 2.64. The maximum absolute atomic E-state index is 8.67. The van der Waals surface area contributed by atoms with Gasteiger partial charge in [0, 0.05) is 31.7 Å². The molecule has 2 atom stereocenters. The van der Waals surface area contributed by atoms with Crippen molar-refractivity contribution in [3.8, 4) is 6.07 Å². The van der Waals surface area contributed by atoms with E-state index in [1.54, 1.807) is 0 Å². The van der Waals surface area contributed by atoms with E-state index in [0.29, 0.717) is 12.5 Å². The van der Waals surface area contributed by atoms with Crippen LogP contribution in [0.15, 0.2) is 0 Å². The van der Waals surface area contributed by atoms with Crippen LogP contribution < -0.4 is 0 Å². The van der Waals surface area contributed by atoms with Gasteiger partial charge in [0.25, 0.3) is 0 Å². The van der Waals surface area contributed by atoms with Crippen molar-refractivity contribution in [3.05, 3.63) is 0 Å². The van der Waals surface area contributed by atoms with Gasteiger partial charge >= 0.3 is 0 Å². The summed E-state index contributed by atoms with van der Waals surface area (Å²) in [6.07, 6.45) is 3.40. The van der Waals surface area contributed by atoms with E-state index in [1.165, 1.54) is 32.5 Å². The molecule has 0 spiro atoms. The van der Waals surface area contributed by atoms with Crippen LogP contribution in [0.5, 0.6) is 0 Å². The van der Waals surface area contributed by atoms with Crippen LogP contribution in [0.3, 0.4) is 0 Å². The summed E-state index contributed by atoms with van der Waals surface area (Å²) < 4.78 is 0. The third kappa shape index (κ3) is 1.92. The first-order chi connectivity index (χ1) is 6.81. The molecule has 0 saturated carbocycles. The molecule has 2 rings (SSSR count). The molecule has 0 bridgehead atoms. The Kier molecular flexibility index (Phi) is 3.05. The molecule has 0 aromatic rings. The molecule has 2 unspecified atom stereocenters. The molecule has 0 N–H and O–H groups in total. The molecule has 2 heterocycles. The third-order valence-electron chi connectivity index (χ3n) is 3.63. The fourth-order valence-corrected chi connectivity index (χ4v) is 2.68. The van der Waals surface area contributed by atoms with E-state index in [9.17, 15) is 0 Å². The molecule has 3 heteroatoms. The van der Waals surface area contributed by atoms with Gasteiger partial charge in [0.05, 0.1) is 12.5 Å². The molecular weight excluding hydrogens is 174 g/mol. The number of nitrogens with zero attached hydrogens (tertiary/aromatic N) is 3. The Hall–Kier alpha value is -0.590. The van der Waals surface area contributed by atoms with Crippen LogP contribution in [0, 0.1) is 11.3 Å². The summed E-state index contributed by atoms with van der Waals surface area (Å²) in [5.41, 5.74) is 0. The first-order valence-corrected chi connectivity index (χ1v) is 5.66. The minimum Gasteiger partial charge on any atom is -0.298 e. The smallest absolute Gasteiger partial charge is 0.0638 e. The van der Waals surface area contributed by atoms with E-state index in [0.717, 1.165) is 12.6 Å². The summed E-state index contributed by atoms with van der Waals surface area (Å²) in [5, 5.41) is 8.67. The van der Waals surface area contributed by atoms with Crippen LogP contribution in [0.25, 0.3) is 0 Å². The van der Waals surface area contributed by atoms with Crippen molar-refractivity contribution in [2.24, 2.45) is 0 Å². The monoisotopic (exact) mass is 193 g/mol. The van der Waals surface area contributed by atoms with Gasteiger partial charge in [0.2, 0.25) is 0 Å². The van der Waals surface area contributed by atoms with E-state index in [-0.39, 0.29) is 0 Å². The number of fused-ring (bicyclic) bond motifs is 1. The van der Waals surface area contributed by atoms with E-state index in [4.69, 9.17) is 5.26 Å². The maximum atomic E-state index is 8.67. The Bertz CT molecular complexity index is 233. The van der Waals surface area contributed by atoms with Gasteiger partial charge in [-0.25, -0.2) is 0 Å². The molecule has 0 aromatic heterocycles. The lowest BCUT2D eigenvalue weighted by Crippen LogP contribution is -2.52. The molecule has 2 saturated heterocycles. The van der Waals surface area contributed by atoms with E-state index < -0.39 is 0 Å². The predicted octanol–water partition coefficient (Wildman–Crippen LogP) is 1.07. The number of nitriles is 1. The fraction of sp³-hybridized carbons (Fsp3) is 0.909. The Balaban J connectivity index is 1.88. The molecule has 0 radical (unpaired) electrons. The van der Waals surface area contributed by atoms with Crippen LogP contribution in [0.2, 0.25) is 0 Å². The summed E-state index contributed by atoms with van der Waals surface area (Å²) >= 11 is 0. The highest BCUT2D eigenvalue weighted by Gasteiger charge is 2.31. The highest BCUT2D eigenvalue weighted by Crippen LogP contribution is 2.22. The Labute approximate surface area is 86.3 Å². The van der Waals surface area contributed by atoms with Gasteiger partial charge in [0.1, 0.15) is 0 Å².